The Morgan fingerprint density at radius 3 is 2.48 bits per heavy atom. The van der Waals surface area contributed by atoms with E-state index in [0.717, 1.165) is 4.90 Å². The van der Waals surface area contributed by atoms with Crippen LogP contribution in [0.15, 0.2) is 52.3 Å². The Labute approximate surface area is 162 Å². The van der Waals surface area contributed by atoms with Gasteiger partial charge in [-0.05, 0) is 42.5 Å². The summed E-state index contributed by atoms with van der Waals surface area (Å²) in [5.74, 6) is 0.159. The lowest BCUT2D eigenvalue weighted by Crippen LogP contribution is -2.20. The molecule has 0 saturated carbocycles. The van der Waals surface area contributed by atoms with Crippen LogP contribution in [0, 0.1) is 5.92 Å². The molecule has 27 heavy (non-hydrogen) atoms. The van der Waals surface area contributed by atoms with Crippen molar-refractivity contribution in [2.45, 2.75) is 23.6 Å². The van der Waals surface area contributed by atoms with Crippen LogP contribution in [0.4, 0.5) is 17.1 Å². The highest BCUT2D eigenvalue weighted by atomic mass is 32.2. The molecule has 0 spiro atoms. The molecular weight excluding hydrogens is 386 g/mol. The standard InChI is InChI=1S/C18H19N3O4S2/c1-11-10-26-17-8-7-15(9-16(17)20-18(11)23)27(24,25)21-14-5-3-13(4-6-14)19-12(2)22/h3-9,11,21H,10H2,1-2H3,(H,19,22)(H,20,23). The van der Waals surface area contributed by atoms with Gasteiger partial charge in [-0.3, -0.25) is 14.3 Å². The second-order valence-corrected chi connectivity index (χ2v) is 8.97. The molecule has 7 nitrogen and oxygen atoms in total. The van der Waals surface area contributed by atoms with Crippen LogP contribution in [0.2, 0.25) is 0 Å². The molecule has 1 aliphatic rings. The minimum absolute atomic E-state index is 0.0580. The van der Waals surface area contributed by atoms with Crippen molar-refractivity contribution in [3.8, 4) is 0 Å². The Hall–Kier alpha value is -2.52. The molecule has 1 heterocycles. The number of carbonyl (C=O) groups excluding carboxylic acids is 2. The Morgan fingerprint density at radius 1 is 1.15 bits per heavy atom. The first-order chi connectivity index (χ1) is 12.7. The SMILES string of the molecule is CC(=O)Nc1ccc(NS(=O)(=O)c2ccc3c(c2)NC(=O)C(C)CS3)cc1. The van der Waals surface area contributed by atoms with Gasteiger partial charge >= 0.3 is 0 Å². The van der Waals surface area contributed by atoms with Crippen LogP contribution in [-0.4, -0.2) is 26.0 Å². The molecule has 0 bridgehead atoms. The first-order valence-corrected chi connectivity index (χ1v) is 10.7. The zero-order chi connectivity index (χ0) is 19.6. The van der Waals surface area contributed by atoms with Gasteiger partial charge < -0.3 is 10.6 Å². The number of nitrogens with one attached hydrogen (secondary N) is 3. The van der Waals surface area contributed by atoms with Crippen LogP contribution in [0.1, 0.15) is 13.8 Å². The molecule has 2 amide bonds. The number of amides is 2. The molecule has 1 unspecified atom stereocenters. The number of sulfonamides is 1. The van der Waals surface area contributed by atoms with Gasteiger partial charge in [-0.15, -0.1) is 11.8 Å². The topological polar surface area (TPSA) is 104 Å². The Bertz CT molecular complexity index is 988. The molecule has 0 aromatic heterocycles. The number of rotatable bonds is 4. The average Bonchev–Trinajstić information content (AvgIpc) is 2.74. The van der Waals surface area contributed by atoms with Crippen molar-refractivity contribution in [3.63, 3.8) is 0 Å². The minimum atomic E-state index is -3.82. The highest BCUT2D eigenvalue weighted by Gasteiger charge is 2.23. The van der Waals surface area contributed by atoms with E-state index >= 15 is 0 Å². The van der Waals surface area contributed by atoms with Crippen molar-refractivity contribution in [2.24, 2.45) is 5.92 Å². The Morgan fingerprint density at radius 2 is 1.81 bits per heavy atom. The molecule has 3 rings (SSSR count). The monoisotopic (exact) mass is 405 g/mol. The third-order valence-corrected chi connectivity index (χ3v) is 6.63. The number of thioether (sulfide) groups is 1. The summed E-state index contributed by atoms with van der Waals surface area (Å²) in [6, 6.07) is 11.0. The molecule has 9 heteroatoms. The quantitative estimate of drug-likeness (QED) is 0.725. The number of hydrogen-bond donors (Lipinski definition) is 3. The lowest BCUT2D eigenvalue weighted by Gasteiger charge is -2.12. The molecule has 142 valence electrons. The maximum atomic E-state index is 12.7. The lowest BCUT2D eigenvalue weighted by atomic mass is 10.2. The van der Waals surface area contributed by atoms with Crippen molar-refractivity contribution in [2.75, 3.05) is 21.1 Å². The first-order valence-electron chi connectivity index (χ1n) is 8.23. The predicted octanol–water partition coefficient (Wildman–Crippen LogP) is 3.13. The number of benzene rings is 2. The van der Waals surface area contributed by atoms with Crippen molar-refractivity contribution >= 4 is 50.7 Å². The molecule has 3 N–H and O–H groups in total. The van der Waals surface area contributed by atoms with Crippen molar-refractivity contribution in [1.29, 1.82) is 0 Å². The normalized spacial score (nSPS) is 16.7. The summed E-state index contributed by atoms with van der Waals surface area (Å²) in [5.41, 5.74) is 1.44. The fourth-order valence-corrected chi connectivity index (χ4v) is 4.58. The maximum absolute atomic E-state index is 12.7. The maximum Gasteiger partial charge on any atom is 0.261 e. The highest BCUT2D eigenvalue weighted by Crippen LogP contribution is 2.34. The van der Waals surface area contributed by atoms with E-state index in [4.69, 9.17) is 0 Å². The minimum Gasteiger partial charge on any atom is -0.326 e. The molecule has 2 aromatic carbocycles. The van der Waals surface area contributed by atoms with Crippen molar-refractivity contribution in [1.82, 2.24) is 0 Å². The van der Waals surface area contributed by atoms with E-state index in [-0.39, 0.29) is 22.6 Å². The molecule has 2 aromatic rings. The number of anilines is 3. The van der Waals surface area contributed by atoms with Gasteiger partial charge in [0, 0.05) is 34.9 Å². The van der Waals surface area contributed by atoms with E-state index in [1.165, 1.54) is 30.8 Å². The molecule has 1 atom stereocenters. The number of fused-ring (bicyclic) bond motifs is 1. The summed E-state index contributed by atoms with van der Waals surface area (Å²) in [5, 5.41) is 5.40. The fraction of sp³-hybridized carbons (Fsp3) is 0.222. The average molecular weight is 406 g/mol. The predicted molar refractivity (Wildman–Crippen MR) is 107 cm³/mol. The van der Waals surface area contributed by atoms with Crippen LogP contribution in [0.3, 0.4) is 0 Å². The van der Waals surface area contributed by atoms with Crippen molar-refractivity contribution in [3.05, 3.63) is 42.5 Å². The zero-order valence-electron chi connectivity index (χ0n) is 14.8. The molecular formula is C18H19N3O4S2. The van der Waals surface area contributed by atoms with Gasteiger partial charge in [-0.25, -0.2) is 8.42 Å². The third-order valence-electron chi connectivity index (χ3n) is 3.91. The second-order valence-electron chi connectivity index (χ2n) is 6.22. The smallest absolute Gasteiger partial charge is 0.261 e. The lowest BCUT2D eigenvalue weighted by molar-refractivity contribution is -0.118. The van der Waals surface area contributed by atoms with Crippen molar-refractivity contribution < 1.29 is 18.0 Å². The number of hydrogen-bond acceptors (Lipinski definition) is 5. The van der Waals surface area contributed by atoms with E-state index in [1.807, 2.05) is 6.92 Å². The van der Waals surface area contributed by atoms with Gasteiger partial charge in [0.25, 0.3) is 10.0 Å². The van der Waals surface area contributed by atoms with Crippen LogP contribution in [0.25, 0.3) is 0 Å². The summed E-state index contributed by atoms with van der Waals surface area (Å²) >= 11 is 1.52. The van der Waals surface area contributed by atoms with Crippen LogP contribution < -0.4 is 15.4 Å². The summed E-state index contributed by atoms with van der Waals surface area (Å²) in [6.45, 7) is 3.23. The summed E-state index contributed by atoms with van der Waals surface area (Å²) < 4.78 is 27.9. The van der Waals surface area contributed by atoms with Gasteiger partial charge in [0.05, 0.1) is 10.6 Å². The highest BCUT2D eigenvalue weighted by molar-refractivity contribution is 7.99. The number of carbonyl (C=O) groups is 2. The summed E-state index contributed by atoms with van der Waals surface area (Å²) in [6.07, 6.45) is 0. The van der Waals surface area contributed by atoms with Gasteiger partial charge in [-0.2, -0.15) is 0 Å². The van der Waals surface area contributed by atoms with E-state index in [1.54, 1.807) is 30.3 Å². The zero-order valence-corrected chi connectivity index (χ0v) is 16.4. The van der Waals surface area contributed by atoms with E-state index in [0.29, 0.717) is 22.8 Å². The molecule has 1 aliphatic heterocycles. The Balaban J connectivity index is 1.82. The molecule has 0 saturated heterocycles. The van der Waals surface area contributed by atoms with Gasteiger partial charge in [0.1, 0.15) is 0 Å². The molecule has 0 fully saturated rings. The first kappa shape index (κ1) is 19.2. The summed E-state index contributed by atoms with van der Waals surface area (Å²) in [4.78, 5) is 24.0. The van der Waals surface area contributed by atoms with Crippen LogP contribution >= 0.6 is 11.8 Å². The largest absolute Gasteiger partial charge is 0.326 e. The van der Waals surface area contributed by atoms with Gasteiger partial charge in [0.2, 0.25) is 11.8 Å². The van der Waals surface area contributed by atoms with Gasteiger partial charge in [0.15, 0.2) is 0 Å². The Kier molecular flexibility index (Phi) is 5.43. The van der Waals surface area contributed by atoms with Gasteiger partial charge in [-0.1, -0.05) is 6.92 Å². The van der Waals surface area contributed by atoms with E-state index in [9.17, 15) is 18.0 Å². The second kappa shape index (κ2) is 7.61. The summed E-state index contributed by atoms with van der Waals surface area (Å²) in [7, 11) is -3.82. The van der Waals surface area contributed by atoms with E-state index in [2.05, 4.69) is 15.4 Å². The molecule has 0 aliphatic carbocycles. The van der Waals surface area contributed by atoms with E-state index < -0.39 is 10.0 Å². The fourth-order valence-electron chi connectivity index (χ4n) is 2.49. The van der Waals surface area contributed by atoms with Crippen LogP contribution in [0.5, 0.6) is 0 Å². The van der Waals surface area contributed by atoms with Crippen LogP contribution in [-0.2, 0) is 19.6 Å². The third kappa shape index (κ3) is 4.61. The molecule has 0 radical (unpaired) electrons.